The van der Waals surface area contributed by atoms with Crippen LogP contribution in [0.15, 0.2) is 10.7 Å². The number of carbonyl (C=O) groups excluding carboxylic acids is 2. The van der Waals surface area contributed by atoms with Crippen molar-refractivity contribution in [2.45, 2.75) is 52.6 Å². The summed E-state index contributed by atoms with van der Waals surface area (Å²) in [6, 6.07) is -0.503. The van der Waals surface area contributed by atoms with Crippen molar-refractivity contribution in [1.29, 1.82) is 0 Å². The molecule has 2 atom stereocenters. The highest BCUT2D eigenvalue weighted by Gasteiger charge is 2.40. The van der Waals surface area contributed by atoms with Crippen LogP contribution in [-0.2, 0) is 4.79 Å². The summed E-state index contributed by atoms with van der Waals surface area (Å²) in [4.78, 5) is 26.7. The van der Waals surface area contributed by atoms with Crippen LogP contribution in [0.1, 0.15) is 51.1 Å². The molecule has 1 aromatic rings. The highest BCUT2D eigenvalue weighted by atomic mass is 16.5. The SMILES string of the molecule is CC(C)CC1NCC(CC(C)C)N(C(=O)c2cnno2)C1=O. The highest BCUT2D eigenvalue weighted by Crippen LogP contribution is 2.21. The smallest absolute Gasteiger partial charge is 0.301 e. The van der Waals surface area contributed by atoms with E-state index in [1.807, 2.05) is 0 Å². The van der Waals surface area contributed by atoms with E-state index in [2.05, 4.69) is 43.4 Å². The van der Waals surface area contributed by atoms with Crippen molar-refractivity contribution in [3.63, 3.8) is 0 Å². The maximum atomic E-state index is 12.7. The van der Waals surface area contributed by atoms with Gasteiger partial charge in [0.2, 0.25) is 11.7 Å². The number of carbonyl (C=O) groups is 2. The summed E-state index contributed by atoms with van der Waals surface area (Å²) in [5.41, 5.74) is 0. The summed E-state index contributed by atoms with van der Waals surface area (Å²) < 4.78 is 4.84. The van der Waals surface area contributed by atoms with Crippen molar-refractivity contribution in [2.75, 3.05) is 6.54 Å². The Hall–Kier alpha value is -1.76. The Labute approximate surface area is 130 Å². The summed E-state index contributed by atoms with van der Waals surface area (Å²) in [6.45, 7) is 8.87. The van der Waals surface area contributed by atoms with E-state index in [-0.39, 0.29) is 23.8 Å². The number of hydrogen-bond acceptors (Lipinski definition) is 6. The molecule has 1 aliphatic rings. The fourth-order valence-electron chi connectivity index (χ4n) is 2.84. The van der Waals surface area contributed by atoms with Crippen LogP contribution < -0.4 is 5.32 Å². The van der Waals surface area contributed by atoms with E-state index in [1.165, 1.54) is 11.1 Å². The van der Waals surface area contributed by atoms with E-state index in [4.69, 9.17) is 4.52 Å². The monoisotopic (exact) mass is 308 g/mol. The van der Waals surface area contributed by atoms with Crippen LogP contribution in [-0.4, -0.2) is 45.7 Å². The van der Waals surface area contributed by atoms with Gasteiger partial charge in [-0.05, 0) is 24.7 Å². The van der Waals surface area contributed by atoms with Crippen molar-refractivity contribution in [3.8, 4) is 0 Å². The zero-order chi connectivity index (χ0) is 16.3. The molecule has 22 heavy (non-hydrogen) atoms. The van der Waals surface area contributed by atoms with Crippen LogP contribution >= 0.6 is 0 Å². The Morgan fingerprint density at radius 3 is 2.59 bits per heavy atom. The van der Waals surface area contributed by atoms with Gasteiger partial charge in [0.25, 0.3) is 0 Å². The van der Waals surface area contributed by atoms with E-state index in [1.54, 1.807) is 0 Å². The number of piperazine rings is 1. The Morgan fingerprint density at radius 2 is 2.05 bits per heavy atom. The predicted molar refractivity (Wildman–Crippen MR) is 80.0 cm³/mol. The van der Waals surface area contributed by atoms with Crippen molar-refractivity contribution < 1.29 is 14.1 Å². The number of nitrogens with zero attached hydrogens (tertiary/aromatic N) is 3. The second-order valence-electron chi connectivity index (χ2n) is 6.67. The quantitative estimate of drug-likeness (QED) is 0.829. The van der Waals surface area contributed by atoms with Gasteiger partial charge in [-0.3, -0.25) is 14.5 Å². The lowest BCUT2D eigenvalue weighted by molar-refractivity contribution is -0.136. The third-order valence-electron chi connectivity index (χ3n) is 3.74. The molecule has 1 aliphatic heterocycles. The molecule has 2 amide bonds. The van der Waals surface area contributed by atoms with Gasteiger partial charge >= 0.3 is 5.91 Å². The molecular formula is C15H24N4O3. The number of aromatic nitrogens is 2. The lowest BCUT2D eigenvalue weighted by atomic mass is 9.95. The van der Waals surface area contributed by atoms with Gasteiger partial charge in [0.1, 0.15) is 6.20 Å². The summed E-state index contributed by atoms with van der Waals surface area (Å²) in [5.74, 6) is 0.117. The molecule has 1 aromatic heterocycles. The third-order valence-corrected chi connectivity index (χ3v) is 3.74. The van der Waals surface area contributed by atoms with Gasteiger partial charge in [-0.15, -0.1) is 5.10 Å². The van der Waals surface area contributed by atoms with E-state index in [0.29, 0.717) is 24.8 Å². The molecule has 7 heteroatoms. The number of hydrogen-bond donors (Lipinski definition) is 1. The zero-order valence-corrected chi connectivity index (χ0v) is 13.6. The fraction of sp³-hybridized carbons (Fsp3) is 0.733. The molecule has 0 spiro atoms. The molecule has 2 unspecified atom stereocenters. The van der Waals surface area contributed by atoms with E-state index in [9.17, 15) is 9.59 Å². The van der Waals surface area contributed by atoms with Crippen molar-refractivity contribution in [1.82, 2.24) is 20.6 Å². The topological polar surface area (TPSA) is 88.3 Å². The second-order valence-corrected chi connectivity index (χ2v) is 6.67. The van der Waals surface area contributed by atoms with Gasteiger partial charge in [0.05, 0.1) is 12.1 Å². The fourth-order valence-corrected chi connectivity index (χ4v) is 2.84. The van der Waals surface area contributed by atoms with Gasteiger partial charge in [-0.2, -0.15) is 0 Å². The Morgan fingerprint density at radius 1 is 1.36 bits per heavy atom. The Balaban J connectivity index is 2.23. The average molecular weight is 308 g/mol. The van der Waals surface area contributed by atoms with Crippen LogP contribution in [0.25, 0.3) is 0 Å². The molecule has 0 aromatic carbocycles. The van der Waals surface area contributed by atoms with Crippen LogP contribution in [0.4, 0.5) is 0 Å². The van der Waals surface area contributed by atoms with Gasteiger partial charge < -0.3 is 9.84 Å². The van der Waals surface area contributed by atoms with Crippen molar-refractivity contribution >= 4 is 11.8 Å². The van der Waals surface area contributed by atoms with Crippen LogP contribution in [0.3, 0.4) is 0 Å². The first kappa shape index (κ1) is 16.6. The number of nitrogens with one attached hydrogen (secondary N) is 1. The van der Waals surface area contributed by atoms with Crippen molar-refractivity contribution in [2.24, 2.45) is 11.8 Å². The zero-order valence-electron chi connectivity index (χ0n) is 13.6. The molecule has 0 bridgehead atoms. The summed E-state index contributed by atoms with van der Waals surface area (Å²) in [6.07, 6.45) is 2.70. The van der Waals surface area contributed by atoms with Crippen LogP contribution in [0, 0.1) is 11.8 Å². The van der Waals surface area contributed by atoms with E-state index >= 15 is 0 Å². The molecule has 1 N–H and O–H groups in total. The molecule has 1 fully saturated rings. The maximum Gasteiger partial charge on any atom is 0.301 e. The Bertz CT molecular complexity index is 513. The molecule has 0 saturated carbocycles. The lowest BCUT2D eigenvalue weighted by Crippen LogP contribution is -2.62. The van der Waals surface area contributed by atoms with Crippen LogP contribution in [0.5, 0.6) is 0 Å². The third kappa shape index (κ3) is 3.71. The normalized spacial score (nSPS) is 22.6. The minimum atomic E-state index is -0.448. The number of rotatable bonds is 5. The summed E-state index contributed by atoms with van der Waals surface area (Å²) in [7, 11) is 0. The molecular weight excluding hydrogens is 284 g/mol. The minimum absolute atomic E-state index is 0.00676. The van der Waals surface area contributed by atoms with Gasteiger partial charge in [-0.25, -0.2) is 0 Å². The first-order valence-electron chi connectivity index (χ1n) is 7.78. The van der Waals surface area contributed by atoms with Crippen molar-refractivity contribution in [3.05, 3.63) is 12.0 Å². The van der Waals surface area contributed by atoms with E-state index in [0.717, 1.165) is 6.42 Å². The maximum absolute atomic E-state index is 12.7. The van der Waals surface area contributed by atoms with Crippen LogP contribution in [0.2, 0.25) is 0 Å². The van der Waals surface area contributed by atoms with Gasteiger partial charge in [-0.1, -0.05) is 27.7 Å². The minimum Gasteiger partial charge on any atom is -0.332 e. The van der Waals surface area contributed by atoms with Gasteiger partial charge in [0.15, 0.2) is 0 Å². The molecule has 0 aliphatic carbocycles. The molecule has 7 nitrogen and oxygen atoms in total. The highest BCUT2D eigenvalue weighted by molar-refractivity contribution is 6.05. The lowest BCUT2D eigenvalue weighted by Gasteiger charge is -2.39. The standard InChI is InChI=1S/C15H24N4O3/c1-9(2)5-11-7-16-12(6-10(3)4)14(20)19(11)15(21)13-8-17-18-22-13/h8-12,16H,5-7H2,1-4H3. The first-order valence-corrected chi connectivity index (χ1v) is 7.78. The molecule has 1 saturated heterocycles. The van der Waals surface area contributed by atoms with E-state index < -0.39 is 5.91 Å². The molecule has 2 heterocycles. The molecule has 2 rings (SSSR count). The predicted octanol–water partition coefficient (Wildman–Crippen LogP) is 1.47. The number of imide groups is 1. The Kier molecular flexibility index (Phi) is 5.28. The summed E-state index contributed by atoms with van der Waals surface area (Å²) >= 11 is 0. The number of amides is 2. The average Bonchev–Trinajstić information content (AvgIpc) is 2.94. The molecule has 0 radical (unpaired) electrons. The van der Waals surface area contributed by atoms with Gasteiger partial charge in [0, 0.05) is 11.8 Å². The largest absolute Gasteiger partial charge is 0.332 e. The summed E-state index contributed by atoms with van der Waals surface area (Å²) in [5, 5.41) is 10.1. The second kappa shape index (κ2) is 7.00. The first-order chi connectivity index (χ1) is 10.4. The molecule has 122 valence electrons.